The Morgan fingerprint density at radius 3 is 2.87 bits per heavy atom. The number of pyridine rings is 1. The van der Waals surface area contributed by atoms with Gasteiger partial charge in [0.15, 0.2) is 0 Å². The number of nitrogens with two attached hydrogens (primary N) is 1. The van der Waals surface area contributed by atoms with Crippen molar-refractivity contribution < 1.29 is 4.39 Å². The summed E-state index contributed by atoms with van der Waals surface area (Å²) in [5, 5.41) is 7.97. The van der Waals surface area contributed by atoms with Crippen LogP contribution in [0.3, 0.4) is 0 Å². The first-order chi connectivity index (χ1) is 7.09. The monoisotopic (exact) mass is 203 g/mol. The van der Waals surface area contributed by atoms with Crippen LogP contribution in [0, 0.1) is 18.2 Å². The van der Waals surface area contributed by atoms with Gasteiger partial charge in [0.1, 0.15) is 17.2 Å². The summed E-state index contributed by atoms with van der Waals surface area (Å²) in [4.78, 5) is 3.96. The zero-order valence-corrected chi connectivity index (χ0v) is 8.21. The Morgan fingerprint density at radius 1 is 1.47 bits per heavy atom. The first-order valence-corrected chi connectivity index (χ1v) is 4.49. The highest BCUT2D eigenvalue weighted by Gasteiger charge is 2.08. The van der Waals surface area contributed by atoms with Gasteiger partial charge in [-0.15, -0.1) is 0 Å². The van der Waals surface area contributed by atoms with Gasteiger partial charge in [-0.1, -0.05) is 0 Å². The van der Waals surface area contributed by atoms with Gasteiger partial charge in [-0.3, -0.25) is 10.4 Å². The number of nitrogens with one attached hydrogen (secondary N) is 1. The van der Waals surface area contributed by atoms with Crippen molar-refractivity contribution >= 4 is 16.7 Å². The molecule has 0 saturated carbocycles. The predicted octanol–water partition coefficient (Wildman–Crippen LogP) is 1.97. The van der Waals surface area contributed by atoms with Crippen molar-refractivity contribution in [2.75, 3.05) is 0 Å². The van der Waals surface area contributed by atoms with Gasteiger partial charge < -0.3 is 5.73 Å². The Balaban J connectivity index is 2.85. The number of fused-ring (bicyclic) bond motifs is 1. The molecule has 2 rings (SSSR count). The first-order valence-electron chi connectivity index (χ1n) is 4.49. The number of hydrogen-bond acceptors (Lipinski definition) is 2. The maximum atomic E-state index is 13.6. The summed E-state index contributed by atoms with van der Waals surface area (Å²) in [6, 6.07) is 4.71. The summed E-state index contributed by atoms with van der Waals surface area (Å²) >= 11 is 0. The number of aryl methyl sites for hydroxylation is 1. The highest BCUT2D eigenvalue weighted by molar-refractivity contribution is 5.99. The zero-order valence-electron chi connectivity index (χ0n) is 8.21. The lowest BCUT2D eigenvalue weighted by atomic mass is 10.1. The average molecular weight is 203 g/mol. The predicted molar refractivity (Wildman–Crippen MR) is 57.5 cm³/mol. The Morgan fingerprint density at radius 2 is 2.20 bits per heavy atom. The van der Waals surface area contributed by atoms with Crippen molar-refractivity contribution in [1.29, 1.82) is 5.41 Å². The van der Waals surface area contributed by atoms with Gasteiger partial charge in [-0.25, -0.2) is 4.39 Å². The van der Waals surface area contributed by atoms with Crippen LogP contribution in [0.5, 0.6) is 0 Å². The highest BCUT2D eigenvalue weighted by atomic mass is 19.1. The maximum absolute atomic E-state index is 13.6. The van der Waals surface area contributed by atoms with E-state index < -0.39 is 5.82 Å². The largest absolute Gasteiger partial charge is 0.384 e. The maximum Gasteiger partial charge on any atom is 0.150 e. The van der Waals surface area contributed by atoms with Gasteiger partial charge in [-0.2, -0.15) is 0 Å². The second-order valence-electron chi connectivity index (χ2n) is 3.40. The van der Waals surface area contributed by atoms with Gasteiger partial charge in [0.05, 0.1) is 0 Å². The van der Waals surface area contributed by atoms with Crippen LogP contribution < -0.4 is 5.73 Å². The number of halogens is 1. The molecule has 0 amide bonds. The lowest BCUT2D eigenvalue weighted by Gasteiger charge is -2.05. The lowest BCUT2D eigenvalue weighted by molar-refractivity contribution is 0.636. The molecule has 0 saturated heterocycles. The summed E-state index contributed by atoms with van der Waals surface area (Å²) < 4.78 is 13.6. The molecule has 4 heteroatoms. The van der Waals surface area contributed by atoms with E-state index in [9.17, 15) is 4.39 Å². The van der Waals surface area contributed by atoms with Gasteiger partial charge in [0.2, 0.25) is 0 Å². The number of amidine groups is 1. The van der Waals surface area contributed by atoms with E-state index in [-0.39, 0.29) is 5.84 Å². The normalized spacial score (nSPS) is 10.5. The summed E-state index contributed by atoms with van der Waals surface area (Å²) in [6.45, 7) is 1.87. The summed E-state index contributed by atoms with van der Waals surface area (Å²) in [6.07, 6.45) is 1.56. The number of hydrogen-bond donors (Lipinski definition) is 2. The molecule has 0 radical (unpaired) electrons. The second-order valence-corrected chi connectivity index (χ2v) is 3.40. The molecule has 0 aliphatic carbocycles. The van der Waals surface area contributed by atoms with Gasteiger partial charge >= 0.3 is 0 Å². The molecule has 3 N–H and O–H groups in total. The van der Waals surface area contributed by atoms with Crippen molar-refractivity contribution in [2.45, 2.75) is 6.92 Å². The Bertz CT molecular complexity index is 549. The van der Waals surface area contributed by atoms with E-state index in [1.54, 1.807) is 18.3 Å². The summed E-state index contributed by atoms with van der Waals surface area (Å²) in [5.41, 5.74) is 6.94. The molecule has 76 valence electrons. The van der Waals surface area contributed by atoms with Crippen LogP contribution in [0.4, 0.5) is 4.39 Å². The molecule has 0 unspecified atom stereocenters. The molecule has 1 heterocycles. The van der Waals surface area contributed by atoms with E-state index in [1.165, 1.54) is 6.07 Å². The van der Waals surface area contributed by atoms with E-state index in [0.29, 0.717) is 16.5 Å². The minimum absolute atomic E-state index is 0.140. The van der Waals surface area contributed by atoms with Crippen LogP contribution in [-0.2, 0) is 0 Å². The zero-order chi connectivity index (χ0) is 11.0. The minimum atomic E-state index is -0.443. The fraction of sp³-hybridized carbons (Fsp3) is 0.0909. The molecule has 2 aromatic rings. The minimum Gasteiger partial charge on any atom is -0.384 e. The van der Waals surface area contributed by atoms with E-state index in [1.807, 2.05) is 6.92 Å². The van der Waals surface area contributed by atoms with E-state index in [2.05, 4.69) is 4.98 Å². The number of rotatable bonds is 1. The highest BCUT2D eigenvalue weighted by Crippen LogP contribution is 2.20. The molecule has 0 bridgehead atoms. The lowest BCUT2D eigenvalue weighted by Crippen LogP contribution is -2.11. The van der Waals surface area contributed by atoms with Crippen molar-refractivity contribution in [1.82, 2.24) is 4.98 Å². The quantitative estimate of drug-likeness (QED) is 0.549. The smallest absolute Gasteiger partial charge is 0.150 e. The Labute approximate surface area is 86.3 Å². The third kappa shape index (κ3) is 1.54. The molecule has 0 atom stereocenters. The topological polar surface area (TPSA) is 62.8 Å². The molecule has 1 aromatic heterocycles. The molecular weight excluding hydrogens is 193 g/mol. The molecule has 0 fully saturated rings. The van der Waals surface area contributed by atoms with Crippen molar-refractivity contribution in [3.8, 4) is 0 Å². The van der Waals surface area contributed by atoms with Gasteiger partial charge in [0, 0.05) is 17.1 Å². The third-order valence-electron chi connectivity index (χ3n) is 2.33. The van der Waals surface area contributed by atoms with Crippen molar-refractivity contribution in [3.63, 3.8) is 0 Å². The molecular formula is C11H10FN3. The second kappa shape index (κ2) is 3.31. The van der Waals surface area contributed by atoms with Crippen LogP contribution >= 0.6 is 0 Å². The van der Waals surface area contributed by atoms with Crippen molar-refractivity contribution in [2.24, 2.45) is 5.73 Å². The number of nitrogen functional groups attached to an aromatic ring is 1. The Kier molecular flexibility index (Phi) is 2.11. The SMILES string of the molecule is Cc1ccnc2c(F)cc(C(=N)N)cc12. The van der Waals surface area contributed by atoms with Gasteiger partial charge in [-0.05, 0) is 30.7 Å². The van der Waals surface area contributed by atoms with E-state index in [0.717, 1.165) is 5.56 Å². The van der Waals surface area contributed by atoms with Crippen LogP contribution in [0.2, 0.25) is 0 Å². The Hall–Kier alpha value is -1.97. The third-order valence-corrected chi connectivity index (χ3v) is 2.33. The molecule has 15 heavy (non-hydrogen) atoms. The molecule has 0 aliphatic rings. The van der Waals surface area contributed by atoms with Crippen LogP contribution in [0.25, 0.3) is 10.9 Å². The number of nitrogens with zero attached hydrogens (tertiary/aromatic N) is 1. The molecule has 0 aliphatic heterocycles. The standard InChI is InChI=1S/C11H10FN3/c1-6-2-3-15-10-8(6)4-7(11(13)14)5-9(10)12/h2-5H,1H3,(H3,13,14). The summed E-state index contributed by atoms with van der Waals surface area (Å²) in [7, 11) is 0. The van der Waals surface area contributed by atoms with E-state index >= 15 is 0 Å². The number of benzene rings is 1. The fourth-order valence-corrected chi connectivity index (χ4v) is 1.50. The van der Waals surface area contributed by atoms with Crippen LogP contribution in [-0.4, -0.2) is 10.8 Å². The average Bonchev–Trinajstić information content (AvgIpc) is 2.19. The number of aromatic nitrogens is 1. The first kappa shape index (κ1) is 9.58. The van der Waals surface area contributed by atoms with Crippen molar-refractivity contribution in [3.05, 3.63) is 41.3 Å². The van der Waals surface area contributed by atoms with Gasteiger partial charge in [0.25, 0.3) is 0 Å². The van der Waals surface area contributed by atoms with Crippen LogP contribution in [0.1, 0.15) is 11.1 Å². The molecule has 3 nitrogen and oxygen atoms in total. The molecule has 0 spiro atoms. The van der Waals surface area contributed by atoms with Crippen LogP contribution in [0.15, 0.2) is 24.4 Å². The van der Waals surface area contributed by atoms with E-state index in [4.69, 9.17) is 11.1 Å². The molecule has 1 aromatic carbocycles. The summed E-state index contributed by atoms with van der Waals surface area (Å²) in [5.74, 6) is -0.583. The fourth-order valence-electron chi connectivity index (χ4n) is 1.50.